The molecule has 36 heavy (non-hydrogen) atoms. The number of carbonyl (C=O) groups excluding carboxylic acids is 1. The number of halogens is 1. The summed E-state index contributed by atoms with van der Waals surface area (Å²) < 4.78 is 47.3. The van der Waals surface area contributed by atoms with Crippen LogP contribution in [0.3, 0.4) is 0 Å². The summed E-state index contributed by atoms with van der Waals surface area (Å²) in [4.78, 5) is 21.4. The number of ketones is 1. The second kappa shape index (κ2) is 9.71. The first kappa shape index (κ1) is 24.0. The molecule has 0 saturated carbocycles. The monoisotopic (exact) mass is 521 g/mol. The molecule has 0 bridgehead atoms. The third-order valence-electron chi connectivity index (χ3n) is 5.67. The molecule has 5 rings (SSSR count). The zero-order chi connectivity index (χ0) is 25.3. The van der Waals surface area contributed by atoms with E-state index in [0.29, 0.717) is 28.1 Å². The maximum atomic E-state index is 13.7. The molecule has 0 N–H and O–H groups in total. The Kier molecular flexibility index (Phi) is 6.46. The first-order valence-electron chi connectivity index (χ1n) is 10.9. The number of carbonyl (C=O) groups is 1. The van der Waals surface area contributed by atoms with Gasteiger partial charge in [-0.1, -0.05) is 54.2 Å². The Bertz CT molecular complexity index is 1580. The van der Waals surface area contributed by atoms with Crippen molar-refractivity contribution in [2.45, 2.75) is 16.6 Å². The maximum absolute atomic E-state index is 13.7. The van der Waals surface area contributed by atoms with E-state index in [1.54, 1.807) is 60.7 Å². The highest BCUT2D eigenvalue weighted by Crippen LogP contribution is 2.42. The van der Waals surface area contributed by atoms with Crippen molar-refractivity contribution in [3.63, 3.8) is 0 Å². The minimum atomic E-state index is -4.01. The molecule has 1 aliphatic rings. The number of rotatable bonds is 7. The van der Waals surface area contributed by atoms with Crippen molar-refractivity contribution < 1.29 is 22.3 Å². The molecular formula is C26H20FN3O4S2. The quantitative estimate of drug-likeness (QED) is 0.193. The van der Waals surface area contributed by atoms with Crippen LogP contribution in [0.15, 0.2) is 89.0 Å². The van der Waals surface area contributed by atoms with Crippen molar-refractivity contribution in [2.24, 2.45) is 0 Å². The van der Waals surface area contributed by atoms with Gasteiger partial charge in [0.05, 0.1) is 37.0 Å². The van der Waals surface area contributed by atoms with Gasteiger partial charge in [-0.05, 0) is 35.9 Å². The lowest BCUT2D eigenvalue weighted by Crippen LogP contribution is -2.34. The van der Waals surface area contributed by atoms with E-state index in [1.165, 1.54) is 29.7 Å². The number of methoxy groups -OCH3 is 1. The summed E-state index contributed by atoms with van der Waals surface area (Å²) in [7, 11) is -2.48. The van der Waals surface area contributed by atoms with E-state index in [-0.39, 0.29) is 33.8 Å². The van der Waals surface area contributed by atoms with Crippen LogP contribution in [0.4, 0.5) is 10.1 Å². The number of Topliss-reactive ketones (excluding diaryl/α,β-unsaturated/α-hetero) is 1. The molecule has 3 aromatic carbocycles. The number of hydrogen-bond donors (Lipinski definition) is 0. The number of para-hydroxylation sites is 1. The fourth-order valence-corrected chi connectivity index (χ4v) is 6.20. The average molecular weight is 522 g/mol. The number of fused-ring (bicyclic) bond motifs is 3. The van der Waals surface area contributed by atoms with Crippen molar-refractivity contribution in [3.05, 3.63) is 95.9 Å². The van der Waals surface area contributed by atoms with E-state index < -0.39 is 15.8 Å². The Morgan fingerprint density at radius 1 is 1.06 bits per heavy atom. The summed E-state index contributed by atoms with van der Waals surface area (Å²) >= 11 is 1.13. The number of sulfonamides is 1. The lowest BCUT2D eigenvalue weighted by Gasteiger charge is -2.31. The van der Waals surface area contributed by atoms with Crippen LogP contribution >= 0.6 is 11.8 Å². The molecule has 1 aromatic heterocycles. The van der Waals surface area contributed by atoms with Gasteiger partial charge in [0.1, 0.15) is 16.5 Å². The summed E-state index contributed by atoms with van der Waals surface area (Å²) in [6, 6.07) is 19.7. The van der Waals surface area contributed by atoms with Crippen LogP contribution in [-0.2, 0) is 16.6 Å². The number of thioether (sulfide) groups is 1. The van der Waals surface area contributed by atoms with Gasteiger partial charge in [-0.3, -0.25) is 9.10 Å². The van der Waals surface area contributed by atoms with Gasteiger partial charge in [0, 0.05) is 11.1 Å². The van der Waals surface area contributed by atoms with Crippen molar-refractivity contribution in [1.29, 1.82) is 0 Å². The third kappa shape index (κ3) is 4.57. The molecule has 0 aliphatic carbocycles. The first-order chi connectivity index (χ1) is 17.4. The number of hydrogen-bond acceptors (Lipinski definition) is 7. The molecule has 0 amide bonds. The maximum Gasteiger partial charge on any atom is 0.268 e. The number of nitrogens with zero attached hydrogens (tertiary/aromatic N) is 3. The van der Waals surface area contributed by atoms with Crippen molar-refractivity contribution in [3.8, 4) is 17.0 Å². The second-order valence-electron chi connectivity index (χ2n) is 7.97. The molecular weight excluding hydrogens is 501 g/mol. The topological polar surface area (TPSA) is 89.5 Å². The van der Waals surface area contributed by atoms with E-state index in [2.05, 4.69) is 9.97 Å². The predicted molar refractivity (Wildman–Crippen MR) is 135 cm³/mol. The smallest absolute Gasteiger partial charge is 0.268 e. The lowest BCUT2D eigenvalue weighted by atomic mass is 10.1. The molecule has 2 heterocycles. The zero-order valence-corrected chi connectivity index (χ0v) is 20.7. The molecule has 7 nitrogen and oxygen atoms in total. The standard InChI is InChI=1S/C26H20FN3O4S2/c1-34-20-9-5-7-18(13-20)23(31)16-35-26-28-14-24-25(29-26)21-10-2-3-11-22(21)30(36(24,32)33)15-17-6-4-8-19(27)12-17/h2-14H,15-16H2,1H3. The Morgan fingerprint density at radius 2 is 1.86 bits per heavy atom. The van der Waals surface area contributed by atoms with E-state index in [0.717, 1.165) is 11.8 Å². The first-order valence-corrected chi connectivity index (χ1v) is 13.3. The second-order valence-corrected chi connectivity index (χ2v) is 10.7. The summed E-state index contributed by atoms with van der Waals surface area (Å²) in [6.07, 6.45) is 1.27. The van der Waals surface area contributed by atoms with E-state index >= 15 is 0 Å². The summed E-state index contributed by atoms with van der Waals surface area (Å²) in [5.74, 6) is 0.0885. The van der Waals surface area contributed by atoms with Crippen LogP contribution in [0.25, 0.3) is 11.3 Å². The van der Waals surface area contributed by atoms with E-state index in [4.69, 9.17) is 4.74 Å². The van der Waals surface area contributed by atoms with Crippen LogP contribution in [-0.4, -0.2) is 37.0 Å². The zero-order valence-electron chi connectivity index (χ0n) is 19.1. The van der Waals surface area contributed by atoms with Crippen LogP contribution in [0.1, 0.15) is 15.9 Å². The molecule has 0 fully saturated rings. The molecule has 4 aromatic rings. The number of aromatic nitrogens is 2. The van der Waals surface area contributed by atoms with Crippen LogP contribution in [0.5, 0.6) is 5.75 Å². The van der Waals surface area contributed by atoms with Gasteiger partial charge in [-0.25, -0.2) is 22.8 Å². The summed E-state index contributed by atoms with van der Waals surface area (Å²) in [6.45, 7) is -0.0396. The highest BCUT2D eigenvalue weighted by atomic mass is 32.2. The molecule has 0 unspecified atom stereocenters. The fourth-order valence-electron chi connectivity index (χ4n) is 3.93. The summed E-state index contributed by atoms with van der Waals surface area (Å²) in [5, 5.41) is 0.286. The Morgan fingerprint density at radius 3 is 2.67 bits per heavy atom. The van der Waals surface area contributed by atoms with Crippen LogP contribution in [0, 0.1) is 5.82 Å². The largest absolute Gasteiger partial charge is 0.497 e. The Balaban J connectivity index is 1.45. The Hall–Kier alpha value is -3.76. The molecule has 0 saturated heterocycles. The van der Waals surface area contributed by atoms with Gasteiger partial charge in [0.25, 0.3) is 10.0 Å². The van der Waals surface area contributed by atoms with Crippen LogP contribution in [0.2, 0.25) is 0 Å². The van der Waals surface area contributed by atoms with Crippen molar-refractivity contribution in [1.82, 2.24) is 9.97 Å². The number of ether oxygens (including phenoxy) is 1. The van der Waals surface area contributed by atoms with E-state index in [9.17, 15) is 17.6 Å². The van der Waals surface area contributed by atoms with Gasteiger partial charge in [0.15, 0.2) is 10.9 Å². The average Bonchev–Trinajstić information content (AvgIpc) is 2.89. The van der Waals surface area contributed by atoms with E-state index in [1.807, 2.05) is 0 Å². The van der Waals surface area contributed by atoms with Crippen LogP contribution < -0.4 is 9.04 Å². The van der Waals surface area contributed by atoms with Gasteiger partial charge in [-0.15, -0.1) is 0 Å². The highest BCUT2D eigenvalue weighted by Gasteiger charge is 2.36. The highest BCUT2D eigenvalue weighted by molar-refractivity contribution is 7.99. The van der Waals surface area contributed by atoms with Gasteiger partial charge < -0.3 is 4.74 Å². The third-order valence-corrected chi connectivity index (χ3v) is 8.29. The number of benzene rings is 3. The SMILES string of the molecule is COc1cccc(C(=O)CSc2ncc3c(n2)-c2ccccc2N(Cc2cccc(F)c2)S3(=O)=O)c1. The van der Waals surface area contributed by atoms with Gasteiger partial charge in [-0.2, -0.15) is 0 Å². The minimum absolute atomic E-state index is 0.0396. The minimum Gasteiger partial charge on any atom is -0.497 e. The normalized spacial score (nSPS) is 13.6. The van der Waals surface area contributed by atoms with Crippen molar-refractivity contribution in [2.75, 3.05) is 17.2 Å². The van der Waals surface area contributed by atoms with Gasteiger partial charge >= 0.3 is 0 Å². The van der Waals surface area contributed by atoms with Crippen molar-refractivity contribution >= 4 is 33.3 Å². The van der Waals surface area contributed by atoms with Gasteiger partial charge in [0.2, 0.25) is 0 Å². The summed E-state index contributed by atoms with van der Waals surface area (Å²) in [5.41, 5.74) is 2.34. The molecule has 0 spiro atoms. The Labute approximate surface area is 212 Å². The molecule has 10 heteroatoms. The molecule has 0 atom stereocenters. The molecule has 1 aliphatic heterocycles. The number of anilines is 1. The lowest BCUT2D eigenvalue weighted by molar-refractivity contribution is 0.102. The molecule has 0 radical (unpaired) electrons. The fraction of sp³-hybridized carbons (Fsp3) is 0.115. The predicted octanol–water partition coefficient (Wildman–Crippen LogP) is 4.98. The molecule has 182 valence electrons.